The second-order valence-corrected chi connectivity index (χ2v) is 5.20. The maximum atomic E-state index is 10.6. The second-order valence-electron chi connectivity index (χ2n) is 5.20. The van der Waals surface area contributed by atoms with Crippen LogP contribution in [0.5, 0.6) is 0 Å². The summed E-state index contributed by atoms with van der Waals surface area (Å²) in [6, 6.07) is 6.91. The van der Waals surface area contributed by atoms with Crippen LogP contribution in [0.4, 0.5) is 0 Å². The molecule has 1 aliphatic rings. The van der Waals surface area contributed by atoms with E-state index in [2.05, 4.69) is 10.3 Å². The van der Waals surface area contributed by atoms with Crippen LogP contribution in [0.15, 0.2) is 30.5 Å². The molecule has 1 unspecified atom stereocenters. The lowest BCUT2D eigenvalue weighted by molar-refractivity contribution is -0.143. The standard InChI is InChI=1S/C11H12N2O2.C4H7NO2/c12-9(11(14)15)5-7-6-13-10-4-2-1-3-8(7)10;6-4(7)3-1-5-2-3/h1-4,6,9,13H,5,12H2,(H,14,15);3,5H,1-2H2,(H,6,7). The van der Waals surface area contributed by atoms with E-state index in [1.54, 1.807) is 0 Å². The minimum Gasteiger partial charge on any atom is -0.481 e. The number of benzene rings is 1. The Morgan fingerprint density at radius 3 is 2.45 bits per heavy atom. The Bertz CT molecular complexity index is 664. The number of hydrogen-bond acceptors (Lipinski definition) is 4. The summed E-state index contributed by atoms with van der Waals surface area (Å²) in [4.78, 5) is 23.7. The van der Waals surface area contributed by atoms with Crippen molar-refractivity contribution < 1.29 is 19.8 Å². The van der Waals surface area contributed by atoms with E-state index in [9.17, 15) is 9.59 Å². The summed E-state index contributed by atoms with van der Waals surface area (Å²) >= 11 is 0. The van der Waals surface area contributed by atoms with E-state index >= 15 is 0 Å². The van der Waals surface area contributed by atoms with E-state index in [0.717, 1.165) is 16.5 Å². The van der Waals surface area contributed by atoms with Gasteiger partial charge in [0.2, 0.25) is 0 Å². The maximum absolute atomic E-state index is 10.6. The maximum Gasteiger partial charge on any atom is 0.320 e. The van der Waals surface area contributed by atoms with Gasteiger partial charge in [0, 0.05) is 36.6 Å². The fourth-order valence-electron chi connectivity index (χ4n) is 2.09. The van der Waals surface area contributed by atoms with Gasteiger partial charge in [-0.2, -0.15) is 0 Å². The summed E-state index contributed by atoms with van der Waals surface area (Å²) in [5.41, 5.74) is 7.43. The van der Waals surface area contributed by atoms with Crippen molar-refractivity contribution in [3.05, 3.63) is 36.0 Å². The molecule has 6 N–H and O–H groups in total. The van der Waals surface area contributed by atoms with Crippen LogP contribution < -0.4 is 11.1 Å². The van der Waals surface area contributed by atoms with E-state index in [-0.39, 0.29) is 5.92 Å². The SMILES string of the molecule is NC(Cc1c[nH]c2ccccc12)C(=O)O.O=C(O)C1CNC1. The van der Waals surface area contributed by atoms with Gasteiger partial charge < -0.3 is 26.2 Å². The minimum atomic E-state index is -0.972. The second kappa shape index (κ2) is 7.06. The van der Waals surface area contributed by atoms with Crippen LogP contribution in [0.1, 0.15) is 5.56 Å². The van der Waals surface area contributed by atoms with Crippen molar-refractivity contribution in [2.45, 2.75) is 12.5 Å². The summed E-state index contributed by atoms with van der Waals surface area (Å²) in [6.07, 6.45) is 2.16. The number of rotatable bonds is 4. The number of carboxylic acids is 2. The van der Waals surface area contributed by atoms with Crippen LogP contribution in [0.25, 0.3) is 10.9 Å². The number of carbonyl (C=O) groups is 2. The van der Waals surface area contributed by atoms with E-state index in [0.29, 0.717) is 19.5 Å². The Balaban J connectivity index is 0.000000211. The fraction of sp³-hybridized carbons (Fsp3) is 0.333. The third-order valence-electron chi connectivity index (χ3n) is 3.56. The number of carboxylic acid groups (broad SMARTS) is 2. The number of H-pyrrole nitrogens is 1. The van der Waals surface area contributed by atoms with Gasteiger partial charge in [-0.05, 0) is 11.6 Å². The van der Waals surface area contributed by atoms with Crippen molar-refractivity contribution in [1.29, 1.82) is 0 Å². The van der Waals surface area contributed by atoms with Crippen LogP contribution in [-0.2, 0) is 16.0 Å². The van der Waals surface area contributed by atoms with Gasteiger partial charge in [-0.15, -0.1) is 0 Å². The highest BCUT2D eigenvalue weighted by Crippen LogP contribution is 2.18. The number of fused-ring (bicyclic) bond motifs is 1. The molecule has 1 aromatic carbocycles. The van der Waals surface area contributed by atoms with E-state index < -0.39 is 18.0 Å². The molecular formula is C15H19N3O4. The molecule has 0 radical (unpaired) electrons. The summed E-state index contributed by atoms with van der Waals surface area (Å²) in [6.45, 7) is 1.30. The van der Waals surface area contributed by atoms with Gasteiger partial charge in [-0.1, -0.05) is 18.2 Å². The topological polar surface area (TPSA) is 128 Å². The molecule has 22 heavy (non-hydrogen) atoms. The molecule has 7 nitrogen and oxygen atoms in total. The average Bonchev–Trinajstić information content (AvgIpc) is 2.80. The molecule has 118 valence electrons. The van der Waals surface area contributed by atoms with Gasteiger partial charge in [0.1, 0.15) is 6.04 Å². The molecule has 3 rings (SSSR count). The molecule has 2 aromatic rings. The molecule has 7 heteroatoms. The normalized spacial score (nSPS) is 15.5. The smallest absolute Gasteiger partial charge is 0.320 e. The van der Waals surface area contributed by atoms with Crippen molar-refractivity contribution in [3.8, 4) is 0 Å². The average molecular weight is 305 g/mol. The number of nitrogens with two attached hydrogens (primary N) is 1. The first kappa shape index (κ1) is 16.0. The van der Waals surface area contributed by atoms with Gasteiger partial charge in [0.25, 0.3) is 0 Å². The summed E-state index contributed by atoms with van der Waals surface area (Å²) in [5, 5.41) is 20.8. The van der Waals surface area contributed by atoms with Gasteiger partial charge in [0.05, 0.1) is 5.92 Å². The zero-order valence-electron chi connectivity index (χ0n) is 12.0. The number of nitrogens with one attached hydrogen (secondary N) is 2. The molecule has 0 saturated carbocycles. The zero-order valence-corrected chi connectivity index (χ0v) is 12.0. The van der Waals surface area contributed by atoms with Crippen LogP contribution in [-0.4, -0.2) is 46.3 Å². The minimum absolute atomic E-state index is 0.111. The molecule has 0 aliphatic carbocycles. The molecule has 1 fully saturated rings. The Kier molecular flexibility index (Phi) is 5.13. The molecule has 0 bridgehead atoms. The first-order valence-corrected chi connectivity index (χ1v) is 6.96. The molecule has 0 amide bonds. The number of aromatic nitrogens is 1. The lowest BCUT2D eigenvalue weighted by Crippen LogP contribution is -2.46. The highest BCUT2D eigenvalue weighted by Gasteiger charge is 2.23. The number of aromatic amines is 1. The third kappa shape index (κ3) is 3.84. The molecular weight excluding hydrogens is 286 g/mol. The van der Waals surface area contributed by atoms with Crippen molar-refractivity contribution in [1.82, 2.24) is 10.3 Å². The Morgan fingerprint density at radius 1 is 1.27 bits per heavy atom. The first-order valence-electron chi connectivity index (χ1n) is 6.96. The van der Waals surface area contributed by atoms with Gasteiger partial charge >= 0.3 is 11.9 Å². The highest BCUT2D eigenvalue weighted by atomic mass is 16.4. The lowest BCUT2D eigenvalue weighted by Gasteiger charge is -2.21. The quantitative estimate of drug-likeness (QED) is 0.556. The summed E-state index contributed by atoms with van der Waals surface area (Å²) in [5.74, 6) is -1.76. The van der Waals surface area contributed by atoms with Crippen LogP contribution in [0.3, 0.4) is 0 Å². The third-order valence-corrected chi connectivity index (χ3v) is 3.56. The highest BCUT2D eigenvalue weighted by molar-refractivity contribution is 5.84. The predicted molar refractivity (Wildman–Crippen MR) is 81.6 cm³/mol. The predicted octanol–water partition coefficient (Wildman–Crippen LogP) is 0.413. The number of aliphatic carboxylic acids is 2. The number of hydrogen-bond donors (Lipinski definition) is 5. The van der Waals surface area contributed by atoms with Crippen LogP contribution in [0.2, 0.25) is 0 Å². The van der Waals surface area contributed by atoms with Crippen LogP contribution in [0, 0.1) is 5.92 Å². The molecule has 1 aliphatic heterocycles. The fourth-order valence-corrected chi connectivity index (χ4v) is 2.09. The zero-order chi connectivity index (χ0) is 16.1. The lowest BCUT2D eigenvalue weighted by atomic mass is 10.1. The Labute approximate surface area is 127 Å². The molecule has 0 spiro atoms. The van der Waals surface area contributed by atoms with Gasteiger partial charge in [0.15, 0.2) is 0 Å². The van der Waals surface area contributed by atoms with Gasteiger partial charge in [-0.3, -0.25) is 9.59 Å². The first-order chi connectivity index (χ1) is 10.5. The summed E-state index contributed by atoms with van der Waals surface area (Å²) in [7, 11) is 0. The van der Waals surface area contributed by atoms with Crippen molar-refractivity contribution in [2.24, 2.45) is 11.7 Å². The van der Waals surface area contributed by atoms with Crippen molar-refractivity contribution >= 4 is 22.8 Å². The number of para-hydroxylation sites is 1. The Morgan fingerprint density at radius 2 is 1.95 bits per heavy atom. The molecule has 1 aromatic heterocycles. The molecule has 1 atom stereocenters. The van der Waals surface area contributed by atoms with E-state index in [1.165, 1.54) is 0 Å². The molecule has 2 heterocycles. The largest absolute Gasteiger partial charge is 0.481 e. The van der Waals surface area contributed by atoms with Crippen LogP contribution >= 0.6 is 0 Å². The van der Waals surface area contributed by atoms with E-state index in [1.807, 2.05) is 30.5 Å². The van der Waals surface area contributed by atoms with Crippen molar-refractivity contribution in [3.63, 3.8) is 0 Å². The molecule has 1 saturated heterocycles. The monoisotopic (exact) mass is 305 g/mol. The van der Waals surface area contributed by atoms with E-state index in [4.69, 9.17) is 15.9 Å². The van der Waals surface area contributed by atoms with Gasteiger partial charge in [-0.25, -0.2) is 0 Å². The van der Waals surface area contributed by atoms with Crippen molar-refractivity contribution in [2.75, 3.05) is 13.1 Å². The Hall–Kier alpha value is -2.38. The summed E-state index contributed by atoms with van der Waals surface area (Å²) < 4.78 is 0.